The highest BCUT2D eigenvalue weighted by atomic mass is 79.9. The van der Waals surface area contributed by atoms with Gasteiger partial charge in [0.2, 0.25) is 0 Å². The van der Waals surface area contributed by atoms with Crippen LogP contribution in [0.4, 0.5) is 0 Å². The summed E-state index contributed by atoms with van der Waals surface area (Å²) in [4.78, 5) is 0. The van der Waals surface area contributed by atoms with Crippen molar-refractivity contribution in [2.24, 2.45) is 0 Å². The third-order valence-electron chi connectivity index (χ3n) is 4.76. The van der Waals surface area contributed by atoms with E-state index in [4.69, 9.17) is 14.6 Å². The average molecular weight is 449 g/mol. The number of benzene rings is 3. The molecule has 0 bridgehead atoms. The first kappa shape index (κ1) is 19.3. The smallest absolute Gasteiger partial charge is 0.119 e. The zero-order valence-electron chi connectivity index (χ0n) is 16.3. The zero-order valence-corrected chi connectivity index (χ0v) is 17.9. The molecule has 0 aliphatic heterocycles. The zero-order chi connectivity index (χ0) is 20.2. The maximum absolute atomic E-state index is 5.43. The van der Waals surface area contributed by atoms with Crippen molar-refractivity contribution in [3.05, 3.63) is 88.9 Å². The van der Waals surface area contributed by atoms with E-state index in [1.54, 1.807) is 14.2 Å². The molecule has 4 nitrogen and oxygen atoms in total. The van der Waals surface area contributed by atoms with E-state index in [1.807, 2.05) is 65.3 Å². The van der Waals surface area contributed by atoms with Gasteiger partial charge >= 0.3 is 0 Å². The van der Waals surface area contributed by atoms with Crippen LogP contribution in [0.2, 0.25) is 0 Å². The number of hydrogen-bond acceptors (Lipinski definition) is 3. The van der Waals surface area contributed by atoms with Crippen LogP contribution in [0.5, 0.6) is 11.5 Å². The monoisotopic (exact) mass is 448 g/mol. The van der Waals surface area contributed by atoms with Crippen molar-refractivity contribution in [3.8, 4) is 34.0 Å². The van der Waals surface area contributed by atoms with Crippen molar-refractivity contribution in [2.45, 2.75) is 6.54 Å². The van der Waals surface area contributed by atoms with Gasteiger partial charge in [-0.05, 0) is 45.8 Å². The molecule has 3 aromatic carbocycles. The van der Waals surface area contributed by atoms with Crippen LogP contribution in [0.1, 0.15) is 5.56 Å². The Balaban J connectivity index is 1.87. The molecule has 1 heterocycles. The Labute approximate surface area is 178 Å². The summed E-state index contributed by atoms with van der Waals surface area (Å²) in [7, 11) is 3.35. The molecule has 4 aromatic rings. The minimum atomic E-state index is 0.663. The van der Waals surface area contributed by atoms with Crippen LogP contribution in [-0.2, 0) is 6.54 Å². The van der Waals surface area contributed by atoms with Gasteiger partial charge in [0.05, 0.1) is 30.9 Å². The van der Waals surface area contributed by atoms with Gasteiger partial charge in [0.1, 0.15) is 17.2 Å². The quantitative estimate of drug-likeness (QED) is 0.360. The minimum Gasteiger partial charge on any atom is -0.497 e. The van der Waals surface area contributed by atoms with E-state index < -0.39 is 0 Å². The van der Waals surface area contributed by atoms with Crippen LogP contribution in [0, 0.1) is 0 Å². The van der Waals surface area contributed by atoms with Gasteiger partial charge in [-0.3, -0.25) is 4.68 Å². The molecule has 29 heavy (non-hydrogen) atoms. The van der Waals surface area contributed by atoms with Gasteiger partial charge in [-0.1, -0.05) is 54.6 Å². The lowest BCUT2D eigenvalue weighted by molar-refractivity contribution is 0.415. The second kappa shape index (κ2) is 8.53. The number of aromatic nitrogens is 2. The van der Waals surface area contributed by atoms with Crippen molar-refractivity contribution < 1.29 is 9.47 Å². The van der Waals surface area contributed by atoms with E-state index in [1.165, 1.54) is 5.56 Å². The van der Waals surface area contributed by atoms with Crippen molar-refractivity contribution in [1.82, 2.24) is 9.78 Å². The number of halogens is 1. The summed E-state index contributed by atoms with van der Waals surface area (Å²) in [5.41, 5.74) is 5.09. The summed E-state index contributed by atoms with van der Waals surface area (Å²) in [6.07, 6.45) is 0. The van der Waals surface area contributed by atoms with E-state index in [9.17, 15) is 0 Å². The fraction of sp³-hybridized carbons (Fsp3) is 0.125. The SMILES string of the molecule is COc1cccc(-c2nn(Cc3ccccc3)c(-c3cccc(OC)c3)c2Br)c1. The molecular weight excluding hydrogens is 428 g/mol. The molecule has 0 radical (unpaired) electrons. The lowest BCUT2D eigenvalue weighted by Crippen LogP contribution is -2.04. The van der Waals surface area contributed by atoms with Crippen LogP contribution in [-0.4, -0.2) is 24.0 Å². The molecule has 0 amide bonds. The molecule has 0 aliphatic rings. The third kappa shape index (κ3) is 4.05. The van der Waals surface area contributed by atoms with E-state index in [2.05, 4.69) is 34.1 Å². The first-order chi connectivity index (χ1) is 14.2. The normalized spacial score (nSPS) is 10.7. The number of methoxy groups -OCH3 is 2. The number of nitrogens with zero attached hydrogens (tertiary/aromatic N) is 2. The maximum atomic E-state index is 5.43. The molecule has 5 heteroatoms. The molecule has 4 rings (SSSR count). The molecule has 0 atom stereocenters. The lowest BCUT2D eigenvalue weighted by atomic mass is 10.1. The van der Waals surface area contributed by atoms with Gasteiger partial charge in [0, 0.05) is 11.1 Å². The predicted molar refractivity (Wildman–Crippen MR) is 119 cm³/mol. The van der Waals surface area contributed by atoms with Crippen molar-refractivity contribution in [2.75, 3.05) is 14.2 Å². The fourth-order valence-electron chi connectivity index (χ4n) is 3.31. The molecule has 1 aromatic heterocycles. The van der Waals surface area contributed by atoms with Gasteiger partial charge in [-0.15, -0.1) is 0 Å². The maximum Gasteiger partial charge on any atom is 0.119 e. The van der Waals surface area contributed by atoms with Gasteiger partial charge in [-0.2, -0.15) is 5.10 Å². The van der Waals surface area contributed by atoms with Crippen molar-refractivity contribution in [1.29, 1.82) is 0 Å². The Morgan fingerprint density at radius 1 is 0.793 bits per heavy atom. The van der Waals surface area contributed by atoms with Crippen LogP contribution in [0.25, 0.3) is 22.5 Å². The topological polar surface area (TPSA) is 36.3 Å². The minimum absolute atomic E-state index is 0.663. The highest BCUT2D eigenvalue weighted by molar-refractivity contribution is 9.10. The molecule has 0 fully saturated rings. The van der Waals surface area contributed by atoms with E-state index >= 15 is 0 Å². The van der Waals surface area contributed by atoms with Crippen LogP contribution in [0.15, 0.2) is 83.3 Å². The molecular formula is C24H21BrN2O2. The van der Waals surface area contributed by atoms with E-state index in [-0.39, 0.29) is 0 Å². The summed E-state index contributed by atoms with van der Waals surface area (Å²) < 4.78 is 13.8. The Morgan fingerprint density at radius 2 is 1.41 bits per heavy atom. The molecule has 146 valence electrons. The highest BCUT2D eigenvalue weighted by Crippen LogP contribution is 2.38. The first-order valence-corrected chi connectivity index (χ1v) is 10.1. The Hall–Kier alpha value is -3.05. The number of rotatable bonds is 6. The average Bonchev–Trinajstić information content (AvgIpc) is 3.10. The molecule has 0 saturated heterocycles. The van der Waals surface area contributed by atoms with Crippen molar-refractivity contribution >= 4 is 15.9 Å². The Bertz CT molecular complexity index is 1120. The Kier molecular flexibility index (Phi) is 5.67. The summed E-state index contributed by atoms with van der Waals surface area (Å²) in [6.45, 7) is 0.663. The molecule has 0 spiro atoms. The van der Waals surface area contributed by atoms with Crippen LogP contribution < -0.4 is 9.47 Å². The molecule has 0 aliphatic carbocycles. The second-order valence-electron chi connectivity index (χ2n) is 6.62. The molecule has 0 N–H and O–H groups in total. The third-order valence-corrected chi connectivity index (χ3v) is 5.51. The van der Waals surface area contributed by atoms with Crippen molar-refractivity contribution in [3.63, 3.8) is 0 Å². The Morgan fingerprint density at radius 3 is 2.07 bits per heavy atom. The van der Waals surface area contributed by atoms with Gasteiger partial charge in [0.25, 0.3) is 0 Å². The second-order valence-corrected chi connectivity index (χ2v) is 7.41. The van der Waals surface area contributed by atoms with Gasteiger partial charge in [0.15, 0.2) is 0 Å². The van der Waals surface area contributed by atoms with Gasteiger partial charge in [-0.25, -0.2) is 0 Å². The summed E-state index contributed by atoms with van der Waals surface area (Å²) in [5, 5.41) is 4.96. The van der Waals surface area contributed by atoms with E-state index in [0.717, 1.165) is 38.5 Å². The lowest BCUT2D eigenvalue weighted by Gasteiger charge is -2.09. The predicted octanol–water partition coefficient (Wildman–Crippen LogP) is 6.05. The van der Waals surface area contributed by atoms with Gasteiger partial charge < -0.3 is 9.47 Å². The molecule has 0 unspecified atom stereocenters. The summed E-state index contributed by atoms with van der Waals surface area (Å²) >= 11 is 3.82. The van der Waals surface area contributed by atoms with Crippen LogP contribution in [0.3, 0.4) is 0 Å². The fourth-order valence-corrected chi connectivity index (χ4v) is 4.05. The largest absolute Gasteiger partial charge is 0.497 e. The van der Waals surface area contributed by atoms with Crippen LogP contribution >= 0.6 is 15.9 Å². The highest BCUT2D eigenvalue weighted by Gasteiger charge is 2.20. The number of ether oxygens (including phenoxy) is 2. The van der Waals surface area contributed by atoms with E-state index in [0.29, 0.717) is 6.54 Å². The standard InChI is InChI=1S/C24H21BrN2O2/c1-28-20-12-6-10-18(14-20)23-22(25)24(19-11-7-13-21(15-19)29-2)27(26-23)16-17-8-4-3-5-9-17/h3-15H,16H2,1-2H3. The first-order valence-electron chi connectivity index (χ1n) is 9.28. The summed E-state index contributed by atoms with van der Waals surface area (Å²) in [5.74, 6) is 1.61. The molecule has 0 saturated carbocycles. The number of hydrogen-bond donors (Lipinski definition) is 0. The summed E-state index contributed by atoms with van der Waals surface area (Å²) in [6, 6.07) is 26.3.